The van der Waals surface area contributed by atoms with Crippen LogP contribution in [-0.4, -0.2) is 42.6 Å². The first-order valence-corrected chi connectivity index (χ1v) is 10.1. The number of hydrogen-bond donors (Lipinski definition) is 1. The van der Waals surface area contributed by atoms with Crippen molar-refractivity contribution in [2.45, 2.75) is 6.92 Å². The summed E-state index contributed by atoms with van der Waals surface area (Å²) in [6.45, 7) is 1.03. The van der Waals surface area contributed by atoms with Gasteiger partial charge in [0.05, 0.1) is 19.1 Å². The lowest BCUT2D eigenvalue weighted by Crippen LogP contribution is -2.21. The number of thiazole rings is 1. The fraction of sp³-hybridized carbons (Fsp3) is 0.190. The molecule has 3 rings (SSSR count). The molecule has 0 atom stereocenters. The van der Waals surface area contributed by atoms with Crippen LogP contribution in [0.5, 0.6) is 11.5 Å². The lowest BCUT2D eigenvalue weighted by atomic mass is 10.2. The molecule has 0 radical (unpaired) electrons. The van der Waals surface area contributed by atoms with E-state index in [0.29, 0.717) is 22.1 Å². The summed E-state index contributed by atoms with van der Waals surface area (Å²) in [5.41, 5.74) is 1.36. The number of rotatable bonds is 8. The van der Waals surface area contributed by atoms with Crippen LogP contribution < -0.4 is 14.8 Å². The van der Waals surface area contributed by atoms with Gasteiger partial charge in [0.1, 0.15) is 5.01 Å². The minimum absolute atomic E-state index is 0.0542. The number of aryl methyl sites for hydroxylation is 1. The minimum atomic E-state index is -0.766. The fourth-order valence-corrected chi connectivity index (χ4v) is 3.54. The molecule has 0 unspecified atom stereocenters. The Bertz CT molecular complexity index is 1180. The molecule has 0 spiro atoms. The Morgan fingerprint density at radius 1 is 1.12 bits per heavy atom. The molecule has 10 nitrogen and oxygen atoms in total. The van der Waals surface area contributed by atoms with E-state index in [2.05, 4.69) is 10.3 Å². The van der Waals surface area contributed by atoms with E-state index in [4.69, 9.17) is 14.2 Å². The molecular weight excluding hydrogens is 438 g/mol. The van der Waals surface area contributed by atoms with Crippen LogP contribution >= 0.6 is 11.3 Å². The third kappa shape index (κ3) is 5.19. The molecule has 1 aromatic heterocycles. The highest BCUT2D eigenvalue weighted by molar-refractivity contribution is 7.13. The molecule has 0 saturated carbocycles. The van der Waals surface area contributed by atoms with Gasteiger partial charge in [0.25, 0.3) is 11.6 Å². The molecule has 0 aliphatic carbocycles. The Kier molecular flexibility index (Phi) is 7.00. The average molecular weight is 457 g/mol. The zero-order valence-electron chi connectivity index (χ0n) is 17.4. The first-order chi connectivity index (χ1) is 15.3. The van der Waals surface area contributed by atoms with Crippen molar-refractivity contribution in [3.05, 3.63) is 63.1 Å². The van der Waals surface area contributed by atoms with Crippen molar-refractivity contribution in [2.24, 2.45) is 0 Å². The van der Waals surface area contributed by atoms with E-state index in [-0.39, 0.29) is 17.1 Å². The second kappa shape index (κ2) is 9.88. The maximum absolute atomic E-state index is 12.3. The van der Waals surface area contributed by atoms with Crippen LogP contribution in [0.4, 0.5) is 11.4 Å². The van der Waals surface area contributed by atoms with E-state index < -0.39 is 23.4 Å². The zero-order valence-corrected chi connectivity index (χ0v) is 18.2. The van der Waals surface area contributed by atoms with Crippen LogP contribution in [0, 0.1) is 17.0 Å². The van der Waals surface area contributed by atoms with Crippen LogP contribution in [0.3, 0.4) is 0 Å². The van der Waals surface area contributed by atoms with E-state index in [9.17, 15) is 19.7 Å². The van der Waals surface area contributed by atoms with Gasteiger partial charge in [0, 0.05) is 28.3 Å². The molecule has 2 aromatic carbocycles. The predicted molar refractivity (Wildman–Crippen MR) is 117 cm³/mol. The number of ether oxygens (including phenoxy) is 3. The third-order valence-electron chi connectivity index (χ3n) is 4.37. The molecule has 1 amide bonds. The molecule has 0 aliphatic rings. The van der Waals surface area contributed by atoms with Gasteiger partial charge in [-0.1, -0.05) is 6.07 Å². The van der Waals surface area contributed by atoms with Crippen molar-refractivity contribution in [3.8, 4) is 22.1 Å². The van der Waals surface area contributed by atoms with Crippen molar-refractivity contribution in [2.75, 3.05) is 26.1 Å². The number of esters is 1. The molecule has 1 heterocycles. The van der Waals surface area contributed by atoms with Gasteiger partial charge in [-0.25, -0.2) is 9.78 Å². The summed E-state index contributed by atoms with van der Waals surface area (Å²) >= 11 is 1.23. The first kappa shape index (κ1) is 22.7. The van der Waals surface area contributed by atoms with Gasteiger partial charge in [-0.2, -0.15) is 0 Å². The number of benzene rings is 2. The maximum atomic E-state index is 12.3. The Labute approximate surface area is 186 Å². The number of nitro benzene ring substituents is 1. The smallest absolute Gasteiger partial charge is 0.358 e. The van der Waals surface area contributed by atoms with E-state index in [1.54, 1.807) is 25.1 Å². The SMILES string of the molecule is COc1ccc(-c2nc(C(=O)OCC(=O)Nc3ccc(C)c([N+](=O)[O-])c3)cs2)cc1OC. The molecule has 3 aromatic rings. The number of hydrogen-bond acceptors (Lipinski definition) is 9. The molecule has 0 bridgehead atoms. The van der Waals surface area contributed by atoms with E-state index in [1.165, 1.54) is 49.1 Å². The lowest BCUT2D eigenvalue weighted by Gasteiger charge is -2.08. The van der Waals surface area contributed by atoms with Crippen molar-refractivity contribution >= 4 is 34.6 Å². The number of nitro groups is 1. The normalized spacial score (nSPS) is 10.3. The Balaban J connectivity index is 1.61. The quantitative estimate of drug-likeness (QED) is 0.307. The van der Waals surface area contributed by atoms with Crippen LogP contribution in [0.15, 0.2) is 41.8 Å². The van der Waals surface area contributed by atoms with Crippen molar-refractivity contribution in [1.82, 2.24) is 4.98 Å². The molecule has 1 N–H and O–H groups in total. The lowest BCUT2D eigenvalue weighted by molar-refractivity contribution is -0.385. The standard InChI is InChI=1S/C21H19N3O7S/c1-12-4-6-14(9-16(12)24(27)28)22-19(25)10-31-21(26)15-11-32-20(23-15)13-5-7-17(29-2)18(8-13)30-3/h4-9,11H,10H2,1-3H3,(H,22,25). The summed E-state index contributed by atoms with van der Waals surface area (Å²) in [7, 11) is 3.05. The fourth-order valence-electron chi connectivity index (χ4n) is 2.76. The van der Waals surface area contributed by atoms with Gasteiger partial charge < -0.3 is 19.5 Å². The summed E-state index contributed by atoms with van der Waals surface area (Å²) in [5, 5.41) is 15.6. The first-order valence-electron chi connectivity index (χ1n) is 9.22. The monoisotopic (exact) mass is 457 g/mol. The van der Waals surface area contributed by atoms with E-state index >= 15 is 0 Å². The summed E-state index contributed by atoms with van der Waals surface area (Å²) in [5.74, 6) is -0.306. The molecule has 11 heteroatoms. The molecule has 0 saturated heterocycles. The molecule has 0 fully saturated rings. The number of aromatic nitrogens is 1. The van der Waals surface area contributed by atoms with Gasteiger partial charge in [-0.3, -0.25) is 14.9 Å². The van der Waals surface area contributed by atoms with E-state index in [0.717, 1.165) is 5.56 Å². The van der Waals surface area contributed by atoms with Crippen molar-refractivity contribution < 1.29 is 28.7 Å². The number of carbonyl (C=O) groups excluding carboxylic acids is 2. The molecule has 166 valence electrons. The van der Waals surface area contributed by atoms with Gasteiger partial charge in [0.2, 0.25) is 0 Å². The summed E-state index contributed by atoms with van der Waals surface area (Å²) in [6.07, 6.45) is 0. The van der Waals surface area contributed by atoms with Crippen molar-refractivity contribution in [3.63, 3.8) is 0 Å². The highest BCUT2D eigenvalue weighted by Crippen LogP contribution is 2.33. The van der Waals surface area contributed by atoms with E-state index in [1.807, 2.05) is 0 Å². The number of methoxy groups -OCH3 is 2. The van der Waals surface area contributed by atoms with Gasteiger partial charge >= 0.3 is 5.97 Å². The Morgan fingerprint density at radius 3 is 2.56 bits per heavy atom. The van der Waals surface area contributed by atoms with Gasteiger partial charge in [-0.15, -0.1) is 11.3 Å². The van der Waals surface area contributed by atoms with Crippen LogP contribution in [0.25, 0.3) is 10.6 Å². The Morgan fingerprint density at radius 2 is 1.88 bits per heavy atom. The predicted octanol–water partition coefficient (Wildman–Crippen LogP) is 3.84. The maximum Gasteiger partial charge on any atom is 0.358 e. The number of anilines is 1. The summed E-state index contributed by atoms with van der Waals surface area (Å²) in [6, 6.07) is 9.53. The summed E-state index contributed by atoms with van der Waals surface area (Å²) in [4.78, 5) is 39.1. The zero-order chi connectivity index (χ0) is 23.3. The van der Waals surface area contributed by atoms with Crippen LogP contribution in [-0.2, 0) is 9.53 Å². The highest BCUT2D eigenvalue weighted by atomic mass is 32.1. The van der Waals surface area contributed by atoms with Crippen LogP contribution in [0.2, 0.25) is 0 Å². The molecular formula is C21H19N3O7S. The number of nitrogens with one attached hydrogen (secondary N) is 1. The topological polar surface area (TPSA) is 130 Å². The van der Waals surface area contributed by atoms with Crippen molar-refractivity contribution in [1.29, 1.82) is 0 Å². The third-order valence-corrected chi connectivity index (χ3v) is 5.26. The summed E-state index contributed by atoms with van der Waals surface area (Å²) < 4.78 is 15.5. The van der Waals surface area contributed by atoms with Gasteiger partial charge in [-0.05, 0) is 31.2 Å². The number of nitrogens with zero attached hydrogens (tertiary/aromatic N) is 2. The number of amides is 1. The molecule has 32 heavy (non-hydrogen) atoms. The minimum Gasteiger partial charge on any atom is -0.493 e. The van der Waals surface area contributed by atoms with Gasteiger partial charge in [0.15, 0.2) is 23.8 Å². The molecule has 0 aliphatic heterocycles. The highest BCUT2D eigenvalue weighted by Gasteiger charge is 2.17. The Hall–Kier alpha value is -3.99. The second-order valence-electron chi connectivity index (χ2n) is 6.49. The average Bonchev–Trinajstić information content (AvgIpc) is 3.28. The van der Waals surface area contributed by atoms with Crippen LogP contribution in [0.1, 0.15) is 16.1 Å². The largest absolute Gasteiger partial charge is 0.493 e. The second-order valence-corrected chi connectivity index (χ2v) is 7.35. The number of carbonyl (C=O) groups is 2.